The number of nitrogens with two attached hydrogens (primary N) is 1. The van der Waals surface area contributed by atoms with Crippen LogP contribution in [0.25, 0.3) is 0 Å². The van der Waals surface area contributed by atoms with E-state index in [9.17, 15) is 9.90 Å². The molecular weight excluding hydrogens is 216 g/mol. The lowest BCUT2D eigenvalue weighted by molar-refractivity contribution is -0.124. The molecule has 0 aliphatic heterocycles. The number of unbranched alkanes of at least 4 members (excludes halogenated alkanes) is 1. The first-order chi connectivity index (χ1) is 8.15. The minimum atomic E-state index is -0.426. The van der Waals surface area contributed by atoms with E-state index in [2.05, 4.69) is 12.2 Å². The molecule has 0 heterocycles. The van der Waals surface area contributed by atoms with Crippen molar-refractivity contribution in [1.82, 2.24) is 5.32 Å². The quantitative estimate of drug-likeness (QED) is 0.636. The molecule has 0 saturated heterocycles. The minimum Gasteiger partial charge on any atom is -0.391 e. The van der Waals surface area contributed by atoms with Gasteiger partial charge in [0.05, 0.1) is 18.2 Å². The average Bonchev–Trinajstić information content (AvgIpc) is 2.52. The minimum absolute atomic E-state index is 0.0994. The van der Waals surface area contributed by atoms with Crippen LogP contribution in [0.2, 0.25) is 0 Å². The van der Waals surface area contributed by atoms with Gasteiger partial charge >= 0.3 is 0 Å². The molecule has 1 aliphatic carbocycles. The lowest BCUT2D eigenvalue weighted by atomic mass is 10.0. The highest BCUT2D eigenvalue weighted by molar-refractivity contribution is 5.81. The van der Waals surface area contributed by atoms with Crippen LogP contribution in [-0.2, 0) is 4.79 Å². The van der Waals surface area contributed by atoms with Crippen molar-refractivity contribution in [2.45, 2.75) is 76.5 Å². The standard InChI is InChI=1S/C13H26N2O2/c1-2-3-7-10(14)13(17)15-11-8-5-4-6-9-12(11)16/h10-12,16H,2-9,14H2,1H3,(H,15,17)/t10-,11?,12?/m0/s1. The summed E-state index contributed by atoms with van der Waals surface area (Å²) in [6, 6.07) is -0.525. The van der Waals surface area contributed by atoms with Gasteiger partial charge in [0.1, 0.15) is 0 Å². The van der Waals surface area contributed by atoms with Crippen LogP contribution in [0.4, 0.5) is 0 Å². The number of aliphatic hydroxyl groups is 1. The molecule has 0 bridgehead atoms. The van der Waals surface area contributed by atoms with E-state index >= 15 is 0 Å². The highest BCUT2D eigenvalue weighted by Crippen LogP contribution is 2.18. The van der Waals surface area contributed by atoms with Gasteiger partial charge in [-0.2, -0.15) is 0 Å². The molecule has 0 aromatic heterocycles. The van der Waals surface area contributed by atoms with E-state index in [1.807, 2.05) is 0 Å². The fourth-order valence-electron chi connectivity index (χ4n) is 2.30. The van der Waals surface area contributed by atoms with Gasteiger partial charge in [-0.1, -0.05) is 39.0 Å². The Kier molecular flexibility index (Phi) is 6.52. The van der Waals surface area contributed by atoms with Crippen molar-refractivity contribution < 1.29 is 9.90 Å². The van der Waals surface area contributed by atoms with Crippen LogP contribution in [0.15, 0.2) is 0 Å². The van der Waals surface area contributed by atoms with Crippen molar-refractivity contribution >= 4 is 5.91 Å². The van der Waals surface area contributed by atoms with Gasteiger partial charge in [0.15, 0.2) is 0 Å². The number of hydrogen-bond acceptors (Lipinski definition) is 3. The van der Waals surface area contributed by atoms with Crippen LogP contribution in [0.5, 0.6) is 0 Å². The second-order valence-corrected chi connectivity index (χ2v) is 5.07. The van der Waals surface area contributed by atoms with Crippen LogP contribution in [0, 0.1) is 0 Å². The number of amides is 1. The monoisotopic (exact) mass is 242 g/mol. The maximum atomic E-state index is 11.8. The maximum absolute atomic E-state index is 11.8. The highest BCUT2D eigenvalue weighted by atomic mass is 16.3. The Bertz CT molecular complexity index is 233. The number of nitrogens with one attached hydrogen (secondary N) is 1. The number of aliphatic hydroxyl groups excluding tert-OH is 1. The molecular formula is C13H26N2O2. The summed E-state index contributed by atoms with van der Waals surface area (Å²) < 4.78 is 0. The summed E-state index contributed by atoms with van der Waals surface area (Å²) in [5.41, 5.74) is 5.81. The Balaban J connectivity index is 2.37. The summed E-state index contributed by atoms with van der Waals surface area (Å²) >= 11 is 0. The first-order valence-electron chi connectivity index (χ1n) is 6.89. The number of rotatable bonds is 5. The smallest absolute Gasteiger partial charge is 0.237 e. The van der Waals surface area contributed by atoms with Crippen LogP contribution >= 0.6 is 0 Å². The van der Waals surface area contributed by atoms with E-state index in [1.54, 1.807) is 0 Å². The summed E-state index contributed by atoms with van der Waals surface area (Å²) in [4.78, 5) is 11.8. The van der Waals surface area contributed by atoms with Gasteiger partial charge in [-0.15, -0.1) is 0 Å². The predicted molar refractivity (Wildman–Crippen MR) is 68.5 cm³/mol. The molecule has 2 unspecified atom stereocenters. The largest absolute Gasteiger partial charge is 0.391 e. The zero-order chi connectivity index (χ0) is 12.7. The highest BCUT2D eigenvalue weighted by Gasteiger charge is 2.24. The third kappa shape index (κ3) is 5.04. The normalized spacial score (nSPS) is 27.2. The molecule has 0 radical (unpaired) electrons. The van der Waals surface area contributed by atoms with E-state index < -0.39 is 12.1 Å². The Morgan fingerprint density at radius 2 is 2.12 bits per heavy atom. The Hall–Kier alpha value is -0.610. The zero-order valence-electron chi connectivity index (χ0n) is 10.8. The lowest BCUT2D eigenvalue weighted by Crippen LogP contribution is -2.49. The van der Waals surface area contributed by atoms with E-state index in [1.165, 1.54) is 0 Å². The van der Waals surface area contributed by atoms with Crippen LogP contribution in [0.3, 0.4) is 0 Å². The molecule has 3 atom stereocenters. The first-order valence-corrected chi connectivity index (χ1v) is 6.89. The Morgan fingerprint density at radius 1 is 1.41 bits per heavy atom. The van der Waals surface area contributed by atoms with Gasteiger partial charge in [0.25, 0.3) is 0 Å². The van der Waals surface area contributed by atoms with Gasteiger partial charge in [-0.3, -0.25) is 4.79 Å². The maximum Gasteiger partial charge on any atom is 0.237 e. The van der Waals surface area contributed by atoms with Crippen molar-refractivity contribution in [3.05, 3.63) is 0 Å². The SMILES string of the molecule is CCCC[C@H](N)C(=O)NC1CCCCCC1O. The van der Waals surface area contributed by atoms with Crippen molar-refractivity contribution in [3.63, 3.8) is 0 Å². The zero-order valence-corrected chi connectivity index (χ0v) is 10.8. The fourth-order valence-corrected chi connectivity index (χ4v) is 2.30. The average molecular weight is 242 g/mol. The molecule has 0 aromatic carbocycles. The summed E-state index contributed by atoms with van der Waals surface area (Å²) in [5.74, 6) is -0.107. The van der Waals surface area contributed by atoms with E-state index in [-0.39, 0.29) is 11.9 Å². The van der Waals surface area contributed by atoms with Gasteiger partial charge in [-0.25, -0.2) is 0 Å². The van der Waals surface area contributed by atoms with E-state index in [0.717, 1.165) is 51.4 Å². The van der Waals surface area contributed by atoms with E-state index in [0.29, 0.717) is 0 Å². The summed E-state index contributed by atoms with van der Waals surface area (Å²) in [7, 11) is 0. The summed E-state index contributed by atoms with van der Waals surface area (Å²) in [6.45, 7) is 2.08. The van der Waals surface area contributed by atoms with Gasteiger partial charge < -0.3 is 16.2 Å². The van der Waals surface area contributed by atoms with E-state index in [4.69, 9.17) is 5.73 Å². The summed E-state index contributed by atoms with van der Waals surface area (Å²) in [6.07, 6.45) is 7.27. The van der Waals surface area contributed by atoms with Crippen molar-refractivity contribution in [2.24, 2.45) is 5.73 Å². The van der Waals surface area contributed by atoms with Crippen LogP contribution in [-0.4, -0.2) is 29.2 Å². The second-order valence-electron chi connectivity index (χ2n) is 5.07. The fraction of sp³-hybridized carbons (Fsp3) is 0.923. The molecule has 1 fully saturated rings. The topological polar surface area (TPSA) is 75.4 Å². The number of carbonyl (C=O) groups excluding carboxylic acids is 1. The van der Waals surface area contributed by atoms with Gasteiger partial charge in [-0.05, 0) is 19.3 Å². The number of carbonyl (C=O) groups is 1. The molecule has 4 nitrogen and oxygen atoms in total. The number of hydrogen-bond donors (Lipinski definition) is 3. The molecule has 1 saturated carbocycles. The predicted octanol–water partition coefficient (Wildman–Crippen LogP) is 1.31. The first kappa shape index (κ1) is 14.5. The lowest BCUT2D eigenvalue weighted by Gasteiger charge is -2.23. The molecule has 1 amide bonds. The molecule has 0 spiro atoms. The van der Waals surface area contributed by atoms with Gasteiger partial charge in [0, 0.05) is 0 Å². The van der Waals surface area contributed by atoms with Crippen molar-refractivity contribution in [3.8, 4) is 0 Å². The summed E-state index contributed by atoms with van der Waals surface area (Å²) in [5, 5.41) is 12.8. The molecule has 100 valence electrons. The van der Waals surface area contributed by atoms with Crippen LogP contribution < -0.4 is 11.1 Å². The van der Waals surface area contributed by atoms with Gasteiger partial charge in [0.2, 0.25) is 5.91 Å². The van der Waals surface area contributed by atoms with Crippen LogP contribution in [0.1, 0.15) is 58.3 Å². The molecule has 17 heavy (non-hydrogen) atoms. The molecule has 4 N–H and O–H groups in total. The third-order valence-electron chi connectivity index (χ3n) is 3.51. The Morgan fingerprint density at radius 3 is 2.82 bits per heavy atom. The molecule has 0 aromatic rings. The second kappa shape index (κ2) is 7.67. The molecule has 1 aliphatic rings. The Labute approximate surface area is 104 Å². The van der Waals surface area contributed by atoms with Crippen molar-refractivity contribution in [2.75, 3.05) is 0 Å². The van der Waals surface area contributed by atoms with Crippen molar-refractivity contribution in [1.29, 1.82) is 0 Å². The molecule has 1 rings (SSSR count). The molecule has 4 heteroatoms. The third-order valence-corrected chi connectivity index (χ3v) is 3.51.